The van der Waals surface area contributed by atoms with Gasteiger partial charge in [-0.15, -0.1) is 0 Å². The minimum atomic E-state index is -0.398. The molecule has 94 valence electrons. The molecule has 0 bridgehead atoms. The molecule has 0 spiro atoms. The number of anilines is 1. The summed E-state index contributed by atoms with van der Waals surface area (Å²) in [6.45, 7) is 4.35. The fourth-order valence-corrected chi connectivity index (χ4v) is 1.43. The van der Waals surface area contributed by atoms with Crippen LogP contribution >= 0.6 is 0 Å². The van der Waals surface area contributed by atoms with E-state index in [-0.39, 0.29) is 11.6 Å². The quantitative estimate of drug-likeness (QED) is 0.827. The van der Waals surface area contributed by atoms with Gasteiger partial charge in [0.2, 0.25) is 5.91 Å². The largest absolute Gasteiger partial charge is 0.330 e. The molecule has 1 rings (SSSR count). The molecule has 0 saturated carbocycles. The number of amides is 1. The van der Waals surface area contributed by atoms with Crippen LogP contribution in [0, 0.1) is 18.7 Å². The van der Waals surface area contributed by atoms with Gasteiger partial charge in [-0.05, 0) is 43.5 Å². The van der Waals surface area contributed by atoms with Crippen LogP contribution in [0.5, 0.6) is 0 Å². The monoisotopic (exact) mass is 238 g/mol. The lowest BCUT2D eigenvalue weighted by molar-refractivity contribution is -0.116. The fraction of sp³-hybridized carbons (Fsp3) is 0.462. The molecule has 0 saturated heterocycles. The van der Waals surface area contributed by atoms with E-state index in [0.29, 0.717) is 18.9 Å². The summed E-state index contributed by atoms with van der Waals surface area (Å²) in [6.07, 6.45) is 1.08. The van der Waals surface area contributed by atoms with E-state index in [1.165, 1.54) is 6.07 Å². The molecular formula is C13H19FN2O. The topological polar surface area (TPSA) is 55.1 Å². The Labute approximate surface area is 101 Å². The molecule has 1 atom stereocenters. The third kappa shape index (κ3) is 4.53. The van der Waals surface area contributed by atoms with Crippen molar-refractivity contribution in [2.24, 2.45) is 11.7 Å². The van der Waals surface area contributed by atoms with Crippen molar-refractivity contribution in [3.8, 4) is 0 Å². The van der Waals surface area contributed by atoms with Gasteiger partial charge in [-0.3, -0.25) is 4.79 Å². The first kappa shape index (κ1) is 13.6. The second kappa shape index (κ2) is 6.35. The molecule has 17 heavy (non-hydrogen) atoms. The van der Waals surface area contributed by atoms with Gasteiger partial charge in [-0.1, -0.05) is 13.0 Å². The molecule has 1 aromatic carbocycles. The highest BCUT2D eigenvalue weighted by Crippen LogP contribution is 2.16. The van der Waals surface area contributed by atoms with Gasteiger partial charge in [0.05, 0.1) is 5.69 Å². The Hall–Kier alpha value is -1.42. The number of nitrogens with two attached hydrogens (primary N) is 1. The summed E-state index contributed by atoms with van der Waals surface area (Å²) in [5.74, 6) is -0.262. The Bertz CT molecular complexity index is 393. The predicted molar refractivity (Wildman–Crippen MR) is 67.2 cm³/mol. The van der Waals surface area contributed by atoms with Crippen LogP contribution in [-0.4, -0.2) is 12.5 Å². The first-order chi connectivity index (χ1) is 8.02. The third-order valence-corrected chi connectivity index (χ3v) is 2.67. The number of rotatable bonds is 5. The second-order valence-corrected chi connectivity index (χ2v) is 4.41. The van der Waals surface area contributed by atoms with Gasteiger partial charge in [0.25, 0.3) is 0 Å². The zero-order chi connectivity index (χ0) is 12.8. The molecule has 0 aromatic heterocycles. The van der Waals surface area contributed by atoms with Crippen LogP contribution < -0.4 is 11.1 Å². The Kier molecular flexibility index (Phi) is 5.10. The highest BCUT2D eigenvalue weighted by Gasteiger charge is 2.08. The average molecular weight is 238 g/mol. The second-order valence-electron chi connectivity index (χ2n) is 4.41. The zero-order valence-corrected chi connectivity index (χ0v) is 10.3. The van der Waals surface area contributed by atoms with E-state index >= 15 is 0 Å². The maximum Gasteiger partial charge on any atom is 0.224 e. The molecule has 3 nitrogen and oxygen atoms in total. The molecule has 1 amide bonds. The normalized spacial score (nSPS) is 12.2. The molecule has 0 aliphatic carbocycles. The van der Waals surface area contributed by atoms with Gasteiger partial charge in [-0.2, -0.15) is 0 Å². The first-order valence-electron chi connectivity index (χ1n) is 5.79. The maximum absolute atomic E-state index is 13.4. The van der Waals surface area contributed by atoms with E-state index in [1.807, 2.05) is 6.92 Å². The van der Waals surface area contributed by atoms with E-state index < -0.39 is 5.82 Å². The van der Waals surface area contributed by atoms with Gasteiger partial charge >= 0.3 is 0 Å². The molecule has 1 aromatic rings. The van der Waals surface area contributed by atoms with Crippen molar-refractivity contribution < 1.29 is 9.18 Å². The van der Waals surface area contributed by atoms with E-state index in [2.05, 4.69) is 5.32 Å². The van der Waals surface area contributed by atoms with Gasteiger partial charge in [-0.25, -0.2) is 4.39 Å². The van der Waals surface area contributed by atoms with Crippen LogP contribution in [0.3, 0.4) is 0 Å². The molecule has 0 heterocycles. The van der Waals surface area contributed by atoms with Crippen LogP contribution in [0.15, 0.2) is 18.2 Å². The van der Waals surface area contributed by atoms with E-state index in [9.17, 15) is 9.18 Å². The Balaban J connectivity index is 2.50. The smallest absolute Gasteiger partial charge is 0.224 e. The highest BCUT2D eigenvalue weighted by molar-refractivity contribution is 5.90. The summed E-state index contributed by atoms with van der Waals surface area (Å²) in [4.78, 5) is 11.6. The zero-order valence-electron chi connectivity index (χ0n) is 10.3. The average Bonchev–Trinajstić information content (AvgIpc) is 2.29. The lowest BCUT2D eigenvalue weighted by Crippen LogP contribution is -2.16. The number of carbonyl (C=O) groups is 1. The molecule has 4 heteroatoms. The summed E-state index contributed by atoms with van der Waals surface area (Å²) in [6, 6.07) is 4.74. The number of benzene rings is 1. The van der Waals surface area contributed by atoms with Crippen molar-refractivity contribution in [1.82, 2.24) is 0 Å². The summed E-state index contributed by atoms with van der Waals surface area (Å²) < 4.78 is 13.4. The Morgan fingerprint density at radius 3 is 2.82 bits per heavy atom. The number of aryl methyl sites for hydroxylation is 1. The molecule has 0 fully saturated rings. The van der Waals surface area contributed by atoms with Gasteiger partial charge in [0.1, 0.15) is 5.82 Å². The van der Waals surface area contributed by atoms with Gasteiger partial charge in [0.15, 0.2) is 0 Å². The fourth-order valence-electron chi connectivity index (χ4n) is 1.43. The summed E-state index contributed by atoms with van der Waals surface area (Å²) >= 11 is 0. The van der Waals surface area contributed by atoms with Crippen LogP contribution in [0.25, 0.3) is 0 Å². The van der Waals surface area contributed by atoms with Crippen LogP contribution in [0.4, 0.5) is 10.1 Å². The minimum Gasteiger partial charge on any atom is -0.330 e. The number of nitrogens with one attached hydrogen (secondary N) is 1. The van der Waals surface area contributed by atoms with Crippen molar-refractivity contribution in [2.45, 2.75) is 26.7 Å². The van der Waals surface area contributed by atoms with Gasteiger partial charge in [0, 0.05) is 6.42 Å². The summed E-state index contributed by atoms with van der Waals surface area (Å²) in [7, 11) is 0. The molecular weight excluding hydrogens is 219 g/mol. The number of carbonyl (C=O) groups excluding carboxylic acids is 1. The van der Waals surface area contributed by atoms with E-state index in [1.54, 1.807) is 19.1 Å². The predicted octanol–water partition coefficient (Wildman–Crippen LogP) is 2.45. The molecule has 0 aliphatic heterocycles. The number of hydrogen-bond donors (Lipinski definition) is 2. The SMILES string of the molecule is Cc1ccc(NC(=O)CCC(C)CN)c(F)c1. The van der Waals surface area contributed by atoms with E-state index in [0.717, 1.165) is 12.0 Å². The van der Waals surface area contributed by atoms with Crippen molar-refractivity contribution in [2.75, 3.05) is 11.9 Å². The Morgan fingerprint density at radius 2 is 2.24 bits per heavy atom. The van der Waals surface area contributed by atoms with Crippen LogP contribution in [0.2, 0.25) is 0 Å². The minimum absolute atomic E-state index is 0.173. The van der Waals surface area contributed by atoms with Gasteiger partial charge < -0.3 is 11.1 Å². The summed E-state index contributed by atoms with van der Waals surface area (Å²) in [5, 5.41) is 2.56. The first-order valence-corrected chi connectivity index (χ1v) is 5.79. The molecule has 0 aliphatic rings. The number of hydrogen-bond acceptors (Lipinski definition) is 2. The maximum atomic E-state index is 13.4. The van der Waals surface area contributed by atoms with Crippen molar-refractivity contribution in [3.05, 3.63) is 29.6 Å². The molecule has 3 N–H and O–H groups in total. The number of halogens is 1. The van der Waals surface area contributed by atoms with Crippen molar-refractivity contribution in [1.29, 1.82) is 0 Å². The van der Waals surface area contributed by atoms with Crippen LogP contribution in [-0.2, 0) is 4.79 Å². The lowest BCUT2D eigenvalue weighted by Gasteiger charge is -2.09. The molecule has 1 unspecified atom stereocenters. The van der Waals surface area contributed by atoms with Crippen LogP contribution in [0.1, 0.15) is 25.3 Å². The molecule has 0 radical (unpaired) electrons. The Morgan fingerprint density at radius 1 is 1.53 bits per heavy atom. The highest BCUT2D eigenvalue weighted by atomic mass is 19.1. The van der Waals surface area contributed by atoms with Crippen molar-refractivity contribution >= 4 is 11.6 Å². The lowest BCUT2D eigenvalue weighted by atomic mass is 10.1. The van der Waals surface area contributed by atoms with E-state index in [4.69, 9.17) is 5.73 Å². The van der Waals surface area contributed by atoms with Crippen molar-refractivity contribution in [3.63, 3.8) is 0 Å². The third-order valence-electron chi connectivity index (χ3n) is 2.67. The standard InChI is InChI=1S/C13H19FN2O/c1-9-3-5-12(11(14)7-9)16-13(17)6-4-10(2)8-15/h3,5,7,10H,4,6,8,15H2,1-2H3,(H,16,17). The summed E-state index contributed by atoms with van der Waals surface area (Å²) in [5.41, 5.74) is 6.53.